The van der Waals surface area contributed by atoms with Crippen LogP contribution in [0.1, 0.15) is 47.1 Å². The van der Waals surface area contributed by atoms with E-state index in [-0.39, 0.29) is 29.9 Å². The molecule has 0 bridgehead atoms. The Morgan fingerprint density at radius 2 is 1.57 bits per heavy atom. The molecule has 2 unspecified atom stereocenters. The Morgan fingerprint density at radius 3 is 2.10 bits per heavy atom. The van der Waals surface area contributed by atoms with E-state index in [0.717, 1.165) is 11.3 Å². The maximum atomic E-state index is 13.3. The van der Waals surface area contributed by atoms with Crippen molar-refractivity contribution in [2.75, 3.05) is 26.2 Å². The van der Waals surface area contributed by atoms with Crippen molar-refractivity contribution >= 4 is 17.4 Å². The number of nitrogens with zero attached hydrogens (tertiary/aromatic N) is 2. The number of carbonyl (C=O) groups is 2. The van der Waals surface area contributed by atoms with Gasteiger partial charge in [0.25, 0.3) is 11.8 Å². The largest absolute Gasteiger partial charge is 0.493 e. The zero-order valence-corrected chi connectivity index (χ0v) is 19.0. The van der Waals surface area contributed by atoms with Gasteiger partial charge in [0, 0.05) is 19.6 Å². The van der Waals surface area contributed by atoms with Crippen LogP contribution in [0.15, 0.2) is 30.0 Å². The van der Waals surface area contributed by atoms with Crippen molar-refractivity contribution in [3.05, 3.63) is 35.5 Å². The zero-order chi connectivity index (χ0) is 22.0. The second kappa shape index (κ2) is 9.21. The second-order valence-corrected chi connectivity index (χ2v) is 9.23. The molecule has 2 aliphatic rings. The lowest BCUT2D eigenvalue weighted by molar-refractivity contribution is -0.138. The lowest BCUT2D eigenvalue weighted by Crippen LogP contribution is -2.47. The predicted octanol–water partition coefficient (Wildman–Crippen LogP) is 3.57. The van der Waals surface area contributed by atoms with Gasteiger partial charge in [-0.05, 0) is 43.4 Å². The minimum absolute atomic E-state index is 0.00337. The number of carbonyl (C=O) groups excluding carboxylic acids is 2. The molecule has 0 aliphatic carbocycles. The van der Waals surface area contributed by atoms with Gasteiger partial charge in [-0.25, -0.2) is 0 Å². The molecule has 1 saturated heterocycles. The zero-order valence-electron chi connectivity index (χ0n) is 19.0. The van der Waals surface area contributed by atoms with Crippen LogP contribution in [0.4, 0.5) is 0 Å². The minimum Gasteiger partial charge on any atom is -0.493 e. The first-order chi connectivity index (χ1) is 14.2. The molecule has 6 heteroatoms. The first-order valence-electron chi connectivity index (χ1n) is 10.9. The molecule has 0 saturated carbocycles. The predicted molar refractivity (Wildman–Crippen MR) is 117 cm³/mol. The van der Waals surface area contributed by atoms with E-state index in [9.17, 15) is 9.59 Å². The lowest BCUT2D eigenvalue weighted by Gasteiger charge is -2.37. The molecular weight excluding hydrogens is 380 g/mol. The van der Waals surface area contributed by atoms with Gasteiger partial charge in [-0.3, -0.25) is 14.5 Å². The Balaban J connectivity index is 1.97. The topological polar surface area (TPSA) is 59.1 Å². The van der Waals surface area contributed by atoms with E-state index in [4.69, 9.17) is 9.47 Å². The molecule has 0 radical (unpaired) electrons. The molecule has 0 N–H and O–H groups in total. The van der Waals surface area contributed by atoms with Gasteiger partial charge in [-0.1, -0.05) is 39.8 Å². The van der Waals surface area contributed by atoms with Crippen LogP contribution in [-0.2, 0) is 14.3 Å². The summed E-state index contributed by atoms with van der Waals surface area (Å²) < 4.78 is 11.6. The molecule has 2 atom stereocenters. The minimum atomic E-state index is -0.216. The Morgan fingerprint density at radius 1 is 0.967 bits per heavy atom. The highest BCUT2D eigenvalue weighted by Gasteiger charge is 2.43. The first kappa shape index (κ1) is 22.3. The highest BCUT2D eigenvalue weighted by Crippen LogP contribution is 2.34. The number of imide groups is 1. The summed E-state index contributed by atoms with van der Waals surface area (Å²) >= 11 is 0. The molecule has 0 aromatic heterocycles. The van der Waals surface area contributed by atoms with Crippen molar-refractivity contribution in [3.63, 3.8) is 0 Å². The maximum Gasteiger partial charge on any atom is 0.277 e. The third kappa shape index (κ3) is 4.86. The molecule has 1 aromatic carbocycles. The molecule has 2 heterocycles. The van der Waals surface area contributed by atoms with Crippen LogP contribution in [-0.4, -0.2) is 60.1 Å². The summed E-state index contributed by atoms with van der Waals surface area (Å²) in [7, 11) is 0. The third-order valence-corrected chi connectivity index (χ3v) is 5.15. The van der Waals surface area contributed by atoms with E-state index in [0.29, 0.717) is 43.4 Å². The van der Waals surface area contributed by atoms with Gasteiger partial charge >= 0.3 is 0 Å². The van der Waals surface area contributed by atoms with Crippen molar-refractivity contribution in [1.82, 2.24) is 9.80 Å². The SMILES string of the molecule is CC(C)COc1ccc(C2=C(N3CC(C)OC(C)C3)C(=O)N(CC(C)C)C2=O)cc1. The number of rotatable bonds is 7. The van der Waals surface area contributed by atoms with E-state index in [1.807, 2.05) is 56.9 Å². The Bertz CT molecular complexity index is 803. The van der Waals surface area contributed by atoms with Crippen molar-refractivity contribution in [2.45, 2.75) is 53.8 Å². The van der Waals surface area contributed by atoms with Gasteiger partial charge in [0.2, 0.25) is 0 Å². The smallest absolute Gasteiger partial charge is 0.277 e. The van der Waals surface area contributed by atoms with Crippen LogP contribution in [0.5, 0.6) is 5.75 Å². The van der Waals surface area contributed by atoms with Crippen molar-refractivity contribution in [2.24, 2.45) is 11.8 Å². The number of benzene rings is 1. The Hall–Kier alpha value is -2.34. The monoisotopic (exact) mass is 414 g/mol. The first-order valence-corrected chi connectivity index (χ1v) is 10.9. The fourth-order valence-electron chi connectivity index (χ4n) is 3.99. The van der Waals surface area contributed by atoms with Crippen LogP contribution >= 0.6 is 0 Å². The van der Waals surface area contributed by atoms with Gasteiger partial charge in [-0.15, -0.1) is 0 Å². The molecular formula is C24H34N2O4. The van der Waals surface area contributed by atoms with E-state index in [2.05, 4.69) is 13.8 Å². The fourth-order valence-corrected chi connectivity index (χ4v) is 3.99. The second-order valence-electron chi connectivity index (χ2n) is 9.23. The number of ether oxygens (including phenoxy) is 2. The number of hydrogen-bond donors (Lipinski definition) is 0. The van der Waals surface area contributed by atoms with Gasteiger partial charge in [0.15, 0.2) is 0 Å². The molecule has 6 nitrogen and oxygen atoms in total. The van der Waals surface area contributed by atoms with Crippen LogP contribution in [0.2, 0.25) is 0 Å². The summed E-state index contributed by atoms with van der Waals surface area (Å²) in [6.07, 6.45) is -0.00674. The summed E-state index contributed by atoms with van der Waals surface area (Å²) in [5.74, 6) is 0.978. The number of amides is 2. The standard InChI is InChI=1S/C24H34N2O4/c1-15(2)11-26-23(27)21(19-7-9-20(10-8-19)29-14-16(3)4)22(24(26)28)25-12-17(5)30-18(6)13-25/h7-10,15-18H,11-14H2,1-6H3. The average molecular weight is 415 g/mol. The molecule has 2 amide bonds. The molecule has 3 rings (SSSR count). The molecule has 164 valence electrons. The third-order valence-electron chi connectivity index (χ3n) is 5.15. The van der Waals surface area contributed by atoms with Crippen molar-refractivity contribution < 1.29 is 19.1 Å². The lowest BCUT2D eigenvalue weighted by atomic mass is 10.0. The Labute approximate surface area is 179 Å². The van der Waals surface area contributed by atoms with Crippen molar-refractivity contribution in [1.29, 1.82) is 0 Å². The normalized spacial score (nSPS) is 22.7. The molecule has 1 fully saturated rings. The number of morpholine rings is 1. The summed E-state index contributed by atoms with van der Waals surface area (Å²) in [6, 6.07) is 7.50. The van der Waals surface area contributed by atoms with Gasteiger partial charge in [0.1, 0.15) is 11.4 Å². The van der Waals surface area contributed by atoms with E-state index >= 15 is 0 Å². The summed E-state index contributed by atoms with van der Waals surface area (Å²) in [4.78, 5) is 30.1. The summed E-state index contributed by atoms with van der Waals surface area (Å²) in [5.41, 5.74) is 1.73. The molecule has 30 heavy (non-hydrogen) atoms. The number of hydrogen-bond acceptors (Lipinski definition) is 5. The molecule has 0 spiro atoms. The van der Waals surface area contributed by atoms with Gasteiger partial charge in [0.05, 0.1) is 24.4 Å². The molecule has 2 aliphatic heterocycles. The Kier molecular flexibility index (Phi) is 6.86. The van der Waals surface area contributed by atoms with Crippen LogP contribution < -0.4 is 4.74 Å². The van der Waals surface area contributed by atoms with E-state index < -0.39 is 0 Å². The van der Waals surface area contributed by atoms with E-state index in [1.165, 1.54) is 4.90 Å². The maximum absolute atomic E-state index is 13.3. The van der Waals surface area contributed by atoms with Gasteiger partial charge in [-0.2, -0.15) is 0 Å². The van der Waals surface area contributed by atoms with Crippen LogP contribution in [0, 0.1) is 11.8 Å². The van der Waals surface area contributed by atoms with Gasteiger partial charge < -0.3 is 14.4 Å². The van der Waals surface area contributed by atoms with Crippen LogP contribution in [0.3, 0.4) is 0 Å². The fraction of sp³-hybridized carbons (Fsp3) is 0.583. The quantitative estimate of drug-likeness (QED) is 0.639. The van der Waals surface area contributed by atoms with E-state index in [1.54, 1.807) is 0 Å². The van der Waals surface area contributed by atoms with Crippen LogP contribution in [0.25, 0.3) is 5.57 Å². The highest BCUT2D eigenvalue weighted by molar-refractivity contribution is 6.35. The average Bonchev–Trinajstić information content (AvgIpc) is 2.90. The molecule has 1 aromatic rings. The highest BCUT2D eigenvalue weighted by atomic mass is 16.5. The van der Waals surface area contributed by atoms with Crippen molar-refractivity contribution in [3.8, 4) is 5.75 Å². The summed E-state index contributed by atoms with van der Waals surface area (Å²) in [5, 5.41) is 0. The summed E-state index contributed by atoms with van der Waals surface area (Å²) in [6.45, 7) is 14.4.